The first-order valence-electron chi connectivity index (χ1n) is 7.98. The van der Waals surface area contributed by atoms with Gasteiger partial charge in [0.25, 0.3) is 0 Å². The van der Waals surface area contributed by atoms with Crippen molar-refractivity contribution in [3.8, 4) is 17.1 Å². The molecule has 4 nitrogen and oxygen atoms in total. The summed E-state index contributed by atoms with van der Waals surface area (Å²) < 4.78 is 43.4. The van der Waals surface area contributed by atoms with Gasteiger partial charge in [0.2, 0.25) is 0 Å². The Morgan fingerprint density at radius 1 is 1.21 bits per heavy atom. The molecule has 3 rings (SSSR count). The predicted molar refractivity (Wildman–Crippen MR) is 86.5 cm³/mol. The van der Waals surface area contributed by atoms with Gasteiger partial charge in [0.1, 0.15) is 5.75 Å². The van der Waals surface area contributed by atoms with E-state index in [-0.39, 0.29) is 18.9 Å². The molecule has 0 aliphatic heterocycles. The van der Waals surface area contributed by atoms with Crippen LogP contribution >= 0.6 is 0 Å². The molecule has 24 heavy (non-hydrogen) atoms. The number of ether oxygens (including phenoxy) is 1. The van der Waals surface area contributed by atoms with Crippen molar-refractivity contribution >= 4 is 6.21 Å². The van der Waals surface area contributed by atoms with E-state index >= 15 is 0 Å². The lowest BCUT2D eigenvalue weighted by Crippen LogP contribution is -2.29. The first-order chi connectivity index (χ1) is 11.5. The zero-order valence-electron chi connectivity index (χ0n) is 13.4. The van der Waals surface area contributed by atoms with Crippen LogP contribution in [0.3, 0.4) is 0 Å². The molecule has 130 valence electrons. The molecule has 2 aromatic heterocycles. The maximum Gasteiger partial charge on any atom is 0.391 e. The van der Waals surface area contributed by atoms with E-state index in [9.17, 15) is 13.2 Å². The van der Waals surface area contributed by atoms with Crippen molar-refractivity contribution in [3.05, 3.63) is 30.1 Å². The Balaban J connectivity index is 1.67. The quantitative estimate of drug-likeness (QED) is 0.789. The molecular formula is C17H20F3N3O. The van der Waals surface area contributed by atoms with Crippen LogP contribution in [0.25, 0.3) is 11.4 Å². The SMILES string of the molecule is COc1cc(-c2ccc[nH]2)[nH]c1C=NC1CCC(C(F)(F)F)CC1. The first kappa shape index (κ1) is 16.7. The van der Waals surface area contributed by atoms with Gasteiger partial charge in [-0.2, -0.15) is 13.2 Å². The Morgan fingerprint density at radius 2 is 1.96 bits per heavy atom. The van der Waals surface area contributed by atoms with E-state index in [2.05, 4.69) is 15.0 Å². The maximum absolute atomic E-state index is 12.7. The zero-order valence-corrected chi connectivity index (χ0v) is 13.4. The van der Waals surface area contributed by atoms with Crippen molar-refractivity contribution in [2.75, 3.05) is 7.11 Å². The fourth-order valence-corrected chi connectivity index (χ4v) is 3.09. The number of aliphatic imine (C=N–C) groups is 1. The van der Waals surface area contributed by atoms with Crippen LogP contribution in [0.2, 0.25) is 0 Å². The highest BCUT2D eigenvalue weighted by Crippen LogP contribution is 2.38. The van der Waals surface area contributed by atoms with E-state index < -0.39 is 12.1 Å². The Kier molecular flexibility index (Phi) is 4.69. The van der Waals surface area contributed by atoms with Crippen LogP contribution in [0, 0.1) is 5.92 Å². The van der Waals surface area contributed by atoms with Gasteiger partial charge < -0.3 is 14.7 Å². The molecule has 0 amide bonds. The minimum absolute atomic E-state index is 0.0643. The summed E-state index contributed by atoms with van der Waals surface area (Å²) in [5.41, 5.74) is 2.53. The lowest BCUT2D eigenvalue weighted by atomic mass is 9.86. The van der Waals surface area contributed by atoms with Crippen LogP contribution in [-0.2, 0) is 0 Å². The monoisotopic (exact) mass is 339 g/mol. The van der Waals surface area contributed by atoms with Gasteiger partial charge in [-0.05, 0) is 37.8 Å². The zero-order chi connectivity index (χ0) is 17.2. The second-order valence-electron chi connectivity index (χ2n) is 6.07. The van der Waals surface area contributed by atoms with E-state index in [0.717, 1.165) is 17.1 Å². The number of hydrogen-bond acceptors (Lipinski definition) is 2. The van der Waals surface area contributed by atoms with Gasteiger partial charge in [0.15, 0.2) is 0 Å². The number of H-pyrrole nitrogens is 2. The lowest BCUT2D eigenvalue weighted by Gasteiger charge is -2.27. The fourth-order valence-electron chi connectivity index (χ4n) is 3.09. The van der Waals surface area contributed by atoms with Crippen LogP contribution in [0.4, 0.5) is 13.2 Å². The molecule has 0 spiro atoms. The summed E-state index contributed by atoms with van der Waals surface area (Å²) in [6, 6.07) is 5.64. The highest BCUT2D eigenvalue weighted by molar-refractivity contribution is 5.83. The van der Waals surface area contributed by atoms with Crippen LogP contribution in [0.15, 0.2) is 29.4 Å². The highest BCUT2D eigenvalue weighted by Gasteiger charge is 2.41. The number of nitrogens with one attached hydrogen (secondary N) is 2. The highest BCUT2D eigenvalue weighted by atomic mass is 19.4. The Bertz CT molecular complexity index is 680. The average molecular weight is 339 g/mol. The molecule has 1 fully saturated rings. The number of alkyl halides is 3. The standard InChI is InChI=1S/C17H20F3N3O/c1-24-16-9-14(13-3-2-8-21-13)23-15(16)10-22-12-6-4-11(5-7-12)17(18,19)20/h2-3,8-12,21,23H,4-7H2,1H3. The number of hydrogen-bond donors (Lipinski definition) is 2. The van der Waals surface area contributed by atoms with E-state index in [0.29, 0.717) is 18.6 Å². The van der Waals surface area contributed by atoms with Crippen LogP contribution in [0.1, 0.15) is 31.4 Å². The maximum atomic E-state index is 12.7. The Labute approximate surface area is 138 Å². The van der Waals surface area contributed by atoms with Crippen LogP contribution in [-0.4, -0.2) is 35.5 Å². The number of halogens is 3. The molecule has 2 N–H and O–H groups in total. The van der Waals surface area contributed by atoms with Gasteiger partial charge in [-0.15, -0.1) is 0 Å². The van der Waals surface area contributed by atoms with Crippen molar-refractivity contribution in [1.29, 1.82) is 0 Å². The molecule has 0 bridgehead atoms. The van der Waals surface area contributed by atoms with E-state index in [1.165, 1.54) is 0 Å². The first-order valence-corrected chi connectivity index (χ1v) is 7.98. The number of aromatic nitrogens is 2. The summed E-state index contributed by atoms with van der Waals surface area (Å²) in [4.78, 5) is 10.8. The van der Waals surface area contributed by atoms with Gasteiger partial charge in [-0.1, -0.05) is 0 Å². The minimum Gasteiger partial charge on any atom is -0.494 e. The van der Waals surface area contributed by atoms with E-state index in [1.807, 2.05) is 24.4 Å². The third-order valence-electron chi connectivity index (χ3n) is 4.49. The summed E-state index contributed by atoms with van der Waals surface area (Å²) in [6.07, 6.45) is 0.657. The summed E-state index contributed by atoms with van der Waals surface area (Å²) in [5, 5.41) is 0. The molecule has 0 unspecified atom stereocenters. The Hall–Kier alpha value is -2.18. The number of aromatic amines is 2. The fraction of sp³-hybridized carbons (Fsp3) is 0.471. The van der Waals surface area contributed by atoms with Gasteiger partial charge in [-0.3, -0.25) is 4.99 Å². The summed E-state index contributed by atoms with van der Waals surface area (Å²) in [5.74, 6) is -0.518. The largest absolute Gasteiger partial charge is 0.494 e. The third-order valence-corrected chi connectivity index (χ3v) is 4.49. The smallest absolute Gasteiger partial charge is 0.391 e. The van der Waals surface area contributed by atoms with Crippen LogP contribution < -0.4 is 4.74 Å². The van der Waals surface area contributed by atoms with Crippen molar-refractivity contribution < 1.29 is 17.9 Å². The lowest BCUT2D eigenvalue weighted by molar-refractivity contribution is -0.182. The molecule has 1 saturated carbocycles. The molecule has 0 radical (unpaired) electrons. The summed E-state index contributed by atoms with van der Waals surface area (Å²) in [7, 11) is 1.58. The molecule has 0 aromatic carbocycles. The van der Waals surface area contributed by atoms with Gasteiger partial charge in [0, 0.05) is 18.5 Å². The molecule has 0 saturated heterocycles. The number of nitrogens with zero attached hydrogens (tertiary/aromatic N) is 1. The third kappa shape index (κ3) is 3.66. The molecule has 1 aliphatic carbocycles. The predicted octanol–water partition coefficient (Wildman–Crippen LogP) is 4.56. The molecule has 2 aromatic rings. The van der Waals surface area contributed by atoms with E-state index in [4.69, 9.17) is 4.74 Å². The molecule has 2 heterocycles. The summed E-state index contributed by atoms with van der Waals surface area (Å²) in [6.45, 7) is 0. The number of methoxy groups -OCH3 is 1. The second-order valence-corrected chi connectivity index (χ2v) is 6.07. The van der Waals surface area contributed by atoms with Gasteiger partial charge in [-0.25, -0.2) is 0 Å². The van der Waals surface area contributed by atoms with Crippen molar-refractivity contribution in [3.63, 3.8) is 0 Å². The molecule has 7 heteroatoms. The normalized spacial score (nSPS) is 22.2. The van der Waals surface area contributed by atoms with Crippen molar-refractivity contribution in [2.24, 2.45) is 10.9 Å². The second kappa shape index (κ2) is 6.75. The number of rotatable bonds is 4. The molecular weight excluding hydrogens is 319 g/mol. The van der Waals surface area contributed by atoms with Crippen LogP contribution in [0.5, 0.6) is 5.75 Å². The summed E-state index contributed by atoms with van der Waals surface area (Å²) >= 11 is 0. The van der Waals surface area contributed by atoms with Crippen molar-refractivity contribution in [1.82, 2.24) is 9.97 Å². The van der Waals surface area contributed by atoms with Gasteiger partial charge >= 0.3 is 6.18 Å². The van der Waals surface area contributed by atoms with Gasteiger partial charge in [0.05, 0.1) is 36.2 Å². The van der Waals surface area contributed by atoms with Crippen molar-refractivity contribution in [2.45, 2.75) is 37.9 Å². The Morgan fingerprint density at radius 3 is 2.54 bits per heavy atom. The minimum atomic E-state index is -4.08. The average Bonchev–Trinajstić information content (AvgIpc) is 3.21. The topological polar surface area (TPSA) is 53.2 Å². The molecule has 1 aliphatic rings. The molecule has 0 atom stereocenters. The van der Waals surface area contributed by atoms with E-state index in [1.54, 1.807) is 13.3 Å².